The van der Waals surface area contributed by atoms with Crippen molar-refractivity contribution >= 4 is 16.0 Å². The van der Waals surface area contributed by atoms with Crippen LogP contribution in [0.3, 0.4) is 0 Å². The molecule has 19 heavy (non-hydrogen) atoms. The molecular weight excluding hydrogens is 284 g/mol. The Morgan fingerprint density at radius 2 is 1.79 bits per heavy atom. The van der Waals surface area contributed by atoms with E-state index in [2.05, 4.69) is 0 Å². The number of rotatable bonds is 5. The van der Waals surface area contributed by atoms with Crippen LogP contribution in [0.2, 0.25) is 0 Å². The molecule has 0 saturated heterocycles. The number of carboxylic acid groups (broad SMARTS) is 1. The third kappa shape index (κ3) is 3.94. The number of halogens is 2. The molecule has 0 amide bonds. The smallest absolute Gasteiger partial charge is 0.336 e. The summed E-state index contributed by atoms with van der Waals surface area (Å²) in [6.45, 7) is 0.0345. The number of aliphatic carboxylic acids is 1. The Kier molecular flexibility index (Phi) is 4.23. The van der Waals surface area contributed by atoms with E-state index in [9.17, 15) is 27.1 Å². The second kappa shape index (κ2) is 5.19. The van der Waals surface area contributed by atoms with Gasteiger partial charge in [0.15, 0.2) is 5.60 Å². The molecule has 0 aliphatic rings. The van der Waals surface area contributed by atoms with E-state index in [-0.39, 0.29) is 0 Å². The molecule has 106 valence electrons. The number of benzene rings is 1. The minimum absolute atomic E-state index is 0.492. The maximum atomic E-state index is 12.9. The van der Waals surface area contributed by atoms with Crippen LogP contribution >= 0.6 is 0 Å². The van der Waals surface area contributed by atoms with Crippen molar-refractivity contribution in [3.8, 4) is 0 Å². The lowest BCUT2D eigenvalue weighted by atomic mass is 10.1. The van der Waals surface area contributed by atoms with Crippen LogP contribution in [-0.4, -0.2) is 36.7 Å². The fraction of sp³-hybridized carbons (Fsp3) is 0.300. The Hall–Kier alpha value is -1.58. The zero-order valence-electron chi connectivity index (χ0n) is 9.72. The topological polar surface area (TPSA) is 104 Å². The SMILES string of the molecule is CC(O)(CNS(=O)(=O)c1cc(F)cc(F)c1)C(=O)O. The predicted octanol–water partition coefficient (Wildman–Crippen LogP) is 0.0787. The van der Waals surface area contributed by atoms with E-state index >= 15 is 0 Å². The van der Waals surface area contributed by atoms with Gasteiger partial charge in [-0.05, 0) is 19.1 Å². The maximum absolute atomic E-state index is 12.9. The average Bonchev–Trinajstić information content (AvgIpc) is 2.25. The Morgan fingerprint density at radius 1 is 1.32 bits per heavy atom. The summed E-state index contributed by atoms with van der Waals surface area (Å²) in [5.41, 5.74) is -2.33. The normalized spacial score (nSPS) is 14.9. The Labute approximate surface area is 107 Å². The van der Waals surface area contributed by atoms with E-state index in [1.165, 1.54) is 0 Å². The molecule has 0 bridgehead atoms. The molecule has 1 atom stereocenters. The van der Waals surface area contributed by atoms with Crippen molar-refractivity contribution < 1.29 is 32.2 Å². The van der Waals surface area contributed by atoms with Gasteiger partial charge in [0, 0.05) is 6.07 Å². The van der Waals surface area contributed by atoms with Crippen LogP contribution in [0.5, 0.6) is 0 Å². The molecule has 1 rings (SSSR count). The van der Waals surface area contributed by atoms with E-state index < -0.39 is 44.7 Å². The largest absolute Gasteiger partial charge is 0.479 e. The third-order valence-corrected chi connectivity index (χ3v) is 3.59. The Bertz CT molecular complexity index is 580. The second-order valence-electron chi connectivity index (χ2n) is 4.01. The summed E-state index contributed by atoms with van der Waals surface area (Å²) in [4.78, 5) is 9.88. The van der Waals surface area contributed by atoms with Gasteiger partial charge in [-0.2, -0.15) is 0 Å². The minimum Gasteiger partial charge on any atom is -0.479 e. The highest BCUT2D eigenvalue weighted by Crippen LogP contribution is 2.14. The van der Waals surface area contributed by atoms with Gasteiger partial charge in [-0.1, -0.05) is 0 Å². The molecule has 0 spiro atoms. The molecule has 0 aliphatic heterocycles. The molecule has 1 aromatic rings. The first kappa shape index (κ1) is 15.5. The first-order valence-corrected chi connectivity index (χ1v) is 6.44. The molecule has 3 N–H and O–H groups in total. The Balaban J connectivity index is 2.97. The fourth-order valence-electron chi connectivity index (χ4n) is 1.08. The van der Waals surface area contributed by atoms with Crippen molar-refractivity contribution in [3.05, 3.63) is 29.8 Å². The summed E-state index contributed by atoms with van der Waals surface area (Å²) in [5.74, 6) is -3.82. The lowest BCUT2D eigenvalue weighted by Gasteiger charge is -2.18. The molecule has 0 saturated carbocycles. The highest BCUT2D eigenvalue weighted by Gasteiger charge is 2.32. The molecule has 6 nitrogen and oxygen atoms in total. The Morgan fingerprint density at radius 3 is 2.21 bits per heavy atom. The lowest BCUT2D eigenvalue weighted by molar-refractivity contribution is -0.155. The van der Waals surface area contributed by atoms with Crippen LogP contribution in [0.4, 0.5) is 8.78 Å². The van der Waals surface area contributed by atoms with Crippen molar-refractivity contribution in [2.45, 2.75) is 17.4 Å². The molecule has 0 radical (unpaired) electrons. The monoisotopic (exact) mass is 295 g/mol. The van der Waals surface area contributed by atoms with Gasteiger partial charge in [0.1, 0.15) is 11.6 Å². The van der Waals surface area contributed by atoms with Crippen LogP contribution in [0, 0.1) is 11.6 Å². The number of carbonyl (C=O) groups is 1. The summed E-state index contributed by atoms with van der Waals surface area (Å²) >= 11 is 0. The zero-order valence-corrected chi connectivity index (χ0v) is 10.5. The third-order valence-electron chi connectivity index (χ3n) is 2.21. The van der Waals surface area contributed by atoms with Crippen molar-refractivity contribution in [1.82, 2.24) is 4.72 Å². The zero-order chi connectivity index (χ0) is 14.8. The van der Waals surface area contributed by atoms with E-state index in [0.717, 1.165) is 6.92 Å². The van der Waals surface area contributed by atoms with Crippen molar-refractivity contribution in [2.24, 2.45) is 0 Å². The van der Waals surface area contributed by atoms with Gasteiger partial charge >= 0.3 is 5.97 Å². The number of hydrogen-bond donors (Lipinski definition) is 3. The highest BCUT2D eigenvalue weighted by atomic mass is 32.2. The molecule has 9 heteroatoms. The van der Waals surface area contributed by atoms with Crippen molar-refractivity contribution in [2.75, 3.05) is 6.54 Å². The molecule has 0 aromatic heterocycles. The first-order valence-electron chi connectivity index (χ1n) is 4.96. The standard InChI is InChI=1S/C10H11F2NO5S/c1-10(16,9(14)15)5-13-19(17,18)8-3-6(11)2-7(12)4-8/h2-4,13,16H,5H2,1H3,(H,14,15). The average molecular weight is 295 g/mol. The summed E-state index contributed by atoms with van der Waals surface area (Å²) in [7, 11) is -4.33. The van der Waals surface area contributed by atoms with Crippen LogP contribution in [0.1, 0.15) is 6.92 Å². The quantitative estimate of drug-likeness (QED) is 0.713. The van der Waals surface area contributed by atoms with Crippen molar-refractivity contribution in [1.29, 1.82) is 0 Å². The molecule has 1 aromatic carbocycles. The number of sulfonamides is 1. The first-order chi connectivity index (χ1) is 8.54. The number of hydrogen-bond acceptors (Lipinski definition) is 4. The van der Waals surface area contributed by atoms with Gasteiger partial charge in [-0.25, -0.2) is 26.7 Å². The molecule has 0 heterocycles. The maximum Gasteiger partial charge on any atom is 0.336 e. The van der Waals surface area contributed by atoms with Gasteiger partial charge in [-0.3, -0.25) is 0 Å². The number of nitrogens with one attached hydrogen (secondary N) is 1. The lowest BCUT2D eigenvalue weighted by Crippen LogP contribution is -2.46. The van der Waals surface area contributed by atoms with E-state index in [1.807, 2.05) is 0 Å². The van der Waals surface area contributed by atoms with Gasteiger partial charge in [0.05, 0.1) is 11.4 Å². The fourth-order valence-corrected chi connectivity index (χ4v) is 2.25. The van der Waals surface area contributed by atoms with E-state index in [1.54, 1.807) is 4.72 Å². The van der Waals surface area contributed by atoms with Gasteiger partial charge in [0.25, 0.3) is 0 Å². The molecular formula is C10H11F2NO5S. The molecule has 1 unspecified atom stereocenters. The van der Waals surface area contributed by atoms with E-state index in [4.69, 9.17) is 5.11 Å². The summed E-state index contributed by atoms with van der Waals surface area (Å²) in [5, 5.41) is 17.9. The van der Waals surface area contributed by atoms with Crippen LogP contribution < -0.4 is 4.72 Å². The number of aliphatic hydroxyl groups is 1. The molecule has 0 fully saturated rings. The van der Waals surface area contributed by atoms with Gasteiger partial charge in [-0.15, -0.1) is 0 Å². The molecule has 0 aliphatic carbocycles. The summed E-state index contributed by atoms with van der Waals surface area (Å²) < 4.78 is 50.8. The van der Waals surface area contributed by atoms with Crippen LogP contribution in [0.25, 0.3) is 0 Å². The second-order valence-corrected chi connectivity index (χ2v) is 5.78. The summed E-state index contributed by atoms with van der Waals surface area (Å²) in [6.07, 6.45) is 0. The van der Waals surface area contributed by atoms with Crippen molar-refractivity contribution in [3.63, 3.8) is 0 Å². The minimum atomic E-state index is -4.33. The van der Waals surface area contributed by atoms with Gasteiger partial charge in [0.2, 0.25) is 10.0 Å². The van der Waals surface area contributed by atoms with Crippen LogP contribution in [0.15, 0.2) is 23.1 Å². The van der Waals surface area contributed by atoms with E-state index in [0.29, 0.717) is 18.2 Å². The predicted molar refractivity (Wildman–Crippen MR) is 59.8 cm³/mol. The van der Waals surface area contributed by atoms with Gasteiger partial charge < -0.3 is 10.2 Å². The number of carboxylic acids is 1. The highest BCUT2D eigenvalue weighted by molar-refractivity contribution is 7.89. The van der Waals surface area contributed by atoms with Crippen LogP contribution in [-0.2, 0) is 14.8 Å². The summed E-state index contributed by atoms with van der Waals surface area (Å²) in [6, 6.07) is 1.63.